The van der Waals surface area contributed by atoms with E-state index in [1.807, 2.05) is 6.92 Å². The second kappa shape index (κ2) is 7.13. The van der Waals surface area contributed by atoms with Crippen LogP contribution in [-0.2, 0) is 10.9 Å². The Morgan fingerprint density at radius 2 is 2.05 bits per heavy atom. The lowest BCUT2D eigenvalue weighted by molar-refractivity contribution is -0.141. The largest absolute Gasteiger partial charge is 0.433 e. The molecule has 19 heavy (non-hydrogen) atoms. The van der Waals surface area contributed by atoms with E-state index in [4.69, 9.17) is 4.74 Å². The summed E-state index contributed by atoms with van der Waals surface area (Å²) in [7, 11) is 1.47. The third-order valence-electron chi connectivity index (χ3n) is 2.22. The quantitative estimate of drug-likeness (QED) is 0.750. The molecular formula is C11H17F3N4O. The molecule has 5 nitrogen and oxygen atoms in total. The zero-order valence-electron chi connectivity index (χ0n) is 10.8. The Kier molecular flexibility index (Phi) is 5.81. The molecule has 0 spiro atoms. The van der Waals surface area contributed by atoms with Crippen molar-refractivity contribution in [3.8, 4) is 0 Å². The van der Waals surface area contributed by atoms with Crippen molar-refractivity contribution < 1.29 is 17.9 Å². The van der Waals surface area contributed by atoms with E-state index in [-0.39, 0.29) is 11.8 Å². The van der Waals surface area contributed by atoms with Crippen LogP contribution >= 0.6 is 0 Å². The third-order valence-corrected chi connectivity index (χ3v) is 2.22. The molecule has 1 aromatic heterocycles. The molecule has 0 aliphatic carbocycles. The van der Waals surface area contributed by atoms with E-state index in [9.17, 15) is 13.2 Å². The minimum Gasteiger partial charge on any atom is -0.382 e. The molecule has 0 radical (unpaired) electrons. The maximum Gasteiger partial charge on any atom is 0.433 e. The van der Waals surface area contributed by atoms with Crippen molar-refractivity contribution in [1.29, 1.82) is 0 Å². The van der Waals surface area contributed by atoms with Crippen LogP contribution in [-0.4, -0.2) is 36.8 Å². The van der Waals surface area contributed by atoms with Gasteiger partial charge in [0.1, 0.15) is 5.82 Å². The number of halogens is 3. The van der Waals surface area contributed by atoms with Crippen LogP contribution in [0.5, 0.6) is 0 Å². The fraction of sp³-hybridized carbons (Fsp3) is 0.636. The van der Waals surface area contributed by atoms with E-state index in [1.165, 1.54) is 7.05 Å². The van der Waals surface area contributed by atoms with Gasteiger partial charge in [-0.05, 0) is 13.3 Å². The van der Waals surface area contributed by atoms with Gasteiger partial charge in [-0.15, -0.1) is 0 Å². The Bertz CT molecular complexity index is 398. The van der Waals surface area contributed by atoms with Gasteiger partial charge in [-0.3, -0.25) is 0 Å². The predicted molar refractivity (Wildman–Crippen MR) is 66.2 cm³/mol. The number of nitrogens with zero attached hydrogens (tertiary/aromatic N) is 2. The van der Waals surface area contributed by atoms with Gasteiger partial charge in [-0.1, -0.05) is 0 Å². The minimum atomic E-state index is -4.49. The van der Waals surface area contributed by atoms with Gasteiger partial charge in [-0.2, -0.15) is 18.2 Å². The normalized spacial score (nSPS) is 11.4. The number of anilines is 2. The fourth-order valence-electron chi connectivity index (χ4n) is 1.33. The Morgan fingerprint density at radius 3 is 2.63 bits per heavy atom. The highest BCUT2D eigenvalue weighted by molar-refractivity contribution is 5.42. The van der Waals surface area contributed by atoms with Crippen LogP contribution in [0.1, 0.15) is 19.0 Å². The Labute approximate surface area is 109 Å². The number of aromatic nitrogens is 2. The van der Waals surface area contributed by atoms with E-state index >= 15 is 0 Å². The summed E-state index contributed by atoms with van der Waals surface area (Å²) in [6.07, 6.45) is -3.80. The first-order chi connectivity index (χ1) is 8.97. The summed E-state index contributed by atoms with van der Waals surface area (Å²) in [6.45, 7) is 3.54. The molecule has 108 valence electrons. The maximum atomic E-state index is 12.6. The molecule has 0 unspecified atom stereocenters. The highest BCUT2D eigenvalue weighted by atomic mass is 19.4. The van der Waals surface area contributed by atoms with Gasteiger partial charge in [0.2, 0.25) is 5.95 Å². The minimum absolute atomic E-state index is 0.0675. The molecule has 0 aromatic carbocycles. The molecule has 0 aliphatic heterocycles. The smallest absolute Gasteiger partial charge is 0.382 e. The van der Waals surface area contributed by atoms with Gasteiger partial charge >= 0.3 is 6.18 Å². The van der Waals surface area contributed by atoms with Gasteiger partial charge < -0.3 is 15.4 Å². The third kappa shape index (κ3) is 5.29. The first kappa shape index (κ1) is 15.5. The van der Waals surface area contributed by atoms with E-state index in [0.29, 0.717) is 26.2 Å². The lowest BCUT2D eigenvalue weighted by Gasteiger charge is -2.11. The lowest BCUT2D eigenvalue weighted by Crippen LogP contribution is -2.14. The van der Waals surface area contributed by atoms with Crippen LogP contribution in [0.4, 0.5) is 24.9 Å². The highest BCUT2D eigenvalue weighted by Gasteiger charge is 2.33. The van der Waals surface area contributed by atoms with Crippen LogP contribution in [0.2, 0.25) is 0 Å². The predicted octanol–water partition coefficient (Wildman–Crippen LogP) is 2.38. The van der Waals surface area contributed by atoms with Crippen molar-refractivity contribution in [2.75, 3.05) is 37.4 Å². The van der Waals surface area contributed by atoms with Gasteiger partial charge in [0.25, 0.3) is 0 Å². The molecule has 1 rings (SSSR count). The standard InChI is InChI=1S/C11H17F3N4O/c1-3-19-6-4-5-16-9-7-8(11(12,13)14)17-10(15-2)18-9/h7H,3-6H2,1-2H3,(H2,15,16,17,18). The Hall–Kier alpha value is -1.57. The van der Waals surface area contributed by atoms with Crippen molar-refractivity contribution >= 4 is 11.8 Å². The first-order valence-corrected chi connectivity index (χ1v) is 5.93. The van der Waals surface area contributed by atoms with Crippen LogP contribution < -0.4 is 10.6 Å². The SMILES string of the molecule is CCOCCCNc1cc(C(F)(F)F)nc(NC)n1. The molecule has 0 amide bonds. The van der Waals surface area contributed by atoms with E-state index in [2.05, 4.69) is 20.6 Å². The summed E-state index contributed by atoms with van der Waals surface area (Å²) in [5, 5.41) is 5.32. The summed E-state index contributed by atoms with van der Waals surface area (Å²) in [5.41, 5.74) is -0.973. The molecule has 1 aromatic rings. The zero-order valence-corrected chi connectivity index (χ0v) is 10.8. The highest BCUT2D eigenvalue weighted by Crippen LogP contribution is 2.29. The lowest BCUT2D eigenvalue weighted by atomic mass is 10.3. The zero-order chi connectivity index (χ0) is 14.3. The number of hydrogen-bond donors (Lipinski definition) is 2. The first-order valence-electron chi connectivity index (χ1n) is 5.93. The molecule has 0 atom stereocenters. The second-order valence-corrected chi connectivity index (χ2v) is 3.69. The van der Waals surface area contributed by atoms with Crippen molar-refractivity contribution in [2.45, 2.75) is 19.5 Å². The van der Waals surface area contributed by atoms with E-state index in [0.717, 1.165) is 6.07 Å². The number of rotatable bonds is 7. The molecule has 0 bridgehead atoms. The summed E-state index contributed by atoms with van der Waals surface area (Å²) in [4.78, 5) is 7.28. The number of nitrogens with one attached hydrogen (secondary N) is 2. The summed E-state index contributed by atoms with van der Waals surface area (Å²) < 4.78 is 43.0. The van der Waals surface area contributed by atoms with Crippen LogP contribution in [0.25, 0.3) is 0 Å². The summed E-state index contributed by atoms with van der Waals surface area (Å²) in [5.74, 6) is 0.0744. The van der Waals surface area contributed by atoms with Crippen molar-refractivity contribution in [2.24, 2.45) is 0 Å². The summed E-state index contributed by atoms with van der Waals surface area (Å²) >= 11 is 0. The van der Waals surface area contributed by atoms with Crippen molar-refractivity contribution in [3.63, 3.8) is 0 Å². The molecule has 0 aliphatic rings. The number of alkyl halides is 3. The van der Waals surface area contributed by atoms with Crippen molar-refractivity contribution in [1.82, 2.24) is 9.97 Å². The molecule has 0 fully saturated rings. The van der Waals surface area contributed by atoms with Crippen LogP contribution in [0.15, 0.2) is 6.07 Å². The number of hydrogen-bond acceptors (Lipinski definition) is 5. The van der Waals surface area contributed by atoms with E-state index < -0.39 is 11.9 Å². The maximum absolute atomic E-state index is 12.6. The van der Waals surface area contributed by atoms with Crippen LogP contribution in [0.3, 0.4) is 0 Å². The topological polar surface area (TPSA) is 59.1 Å². The summed E-state index contributed by atoms with van der Waals surface area (Å²) in [6, 6.07) is 0.890. The molecule has 0 saturated heterocycles. The Morgan fingerprint density at radius 1 is 1.32 bits per heavy atom. The number of ether oxygens (including phenoxy) is 1. The molecule has 8 heteroatoms. The van der Waals surface area contributed by atoms with Crippen molar-refractivity contribution in [3.05, 3.63) is 11.8 Å². The molecule has 2 N–H and O–H groups in total. The molecule has 0 saturated carbocycles. The average Bonchev–Trinajstić information content (AvgIpc) is 2.37. The molecule has 1 heterocycles. The van der Waals surface area contributed by atoms with Gasteiger partial charge in [-0.25, -0.2) is 4.98 Å². The van der Waals surface area contributed by atoms with Crippen LogP contribution in [0, 0.1) is 0 Å². The van der Waals surface area contributed by atoms with Gasteiger partial charge in [0, 0.05) is 32.9 Å². The second-order valence-electron chi connectivity index (χ2n) is 3.69. The van der Waals surface area contributed by atoms with E-state index in [1.54, 1.807) is 0 Å². The van der Waals surface area contributed by atoms with Gasteiger partial charge in [0.15, 0.2) is 5.69 Å². The average molecular weight is 278 g/mol. The molecular weight excluding hydrogens is 261 g/mol. The Balaban J connectivity index is 2.67. The monoisotopic (exact) mass is 278 g/mol. The van der Waals surface area contributed by atoms with Gasteiger partial charge in [0.05, 0.1) is 0 Å². The fourth-order valence-corrected chi connectivity index (χ4v) is 1.33.